The molecule has 0 aliphatic rings. The third-order valence-electron chi connectivity index (χ3n) is 2.83. The van der Waals surface area contributed by atoms with Crippen LogP contribution in [0.15, 0.2) is 47.6 Å². The van der Waals surface area contributed by atoms with Crippen molar-refractivity contribution in [1.82, 2.24) is 4.98 Å². The van der Waals surface area contributed by atoms with Gasteiger partial charge >= 0.3 is 6.18 Å². The predicted molar refractivity (Wildman–Crippen MR) is 79.8 cm³/mol. The van der Waals surface area contributed by atoms with Crippen LogP contribution in [0, 0.1) is 6.92 Å². The first-order valence-corrected chi connectivity index (χ1v) is 7.36. The summed E-state index contributed by atoms with van der Waals surface area (Å²) in [5.41, 5.74) is 0.850. The van der Waals surface area contributed by atoms with Crippen LogP contribution in [0.5, 0.6) is 0 Å². The highest BCUT2D eigenvalue weighted by molar-refractivity contribution is 7.99. The molecule has 7 heteroatoms. The molecule has 1 N–H and O–H groups in total. The molecule has 0 atom stereocenters. The Kier molecular flexibility index (Phi) is 5.07. The van der Waals surface area contributed by atoms with Gasteiger partial charge in [-0.15, -0.1) is 0 Å². The van der Waals surface area contributed by atoms with E-state index in [4.69, 9.17) is 0 Å². The van der Waals surface area contributed by atoms with Crippen LogP contribution in [-0.2, 0) is 11.0 Å². The van der Waals surface area contributed by atoms with Crippen molar-refractivity contribution >= 4 is 23.4 Å². The molecule has 0 unspecified atom stereocenters. The Morgan fingerprint density at radius 3 is 2.55 bits per heavy atom. The Balaban J connectivity index is 1.90. The summed E-state index contributed by atoms with van der Waals surface area (Å²) >= 11 is 1.08. The highest BCUT2D eigenvalue weighted by Crippen LogP contribution is 2.29. The van der Waals surface area contributed by atoms with Crippen LogP contribution in [-0.4, -0.2) is 16.6 Å². The number of alkyl halides is 3. The molecular weight excluding hydrogens is 313 g/mol. The normalized spacial score (nSPS) is 11.3. The van der Waals surface area contributed by atoms with Crippen molar-refractivity contribution in [2.24, 2.45) is 0 Å². The average molecular weight is 326 g/mol. The van der Waals surface area contributed by atoms with E-state index >= 15 is 0 Å². The molecule has 0 aliphatic carbocycles. The molecule has 0 spiro atoms. The number of benzene rings is 1. The minimum absolute atomic E-state index is 0.0761. The fraction of sp³-hybridized carbons (Fsp3) is 0.200. The van der Waals surface area contributed by atoms with Gasteiger partial charge in [-0.25, -0.2) is 4.98 Å². The standard InChI is InChI=1S/C15H13F3N2OS/c1-10-4-2-3-5-12(10)20-13(21)9-22-14-7-6-11(8-19-14)15(16,17)18/h2-8H,9H2,1H3,(H,20,21). The van der Waals surface area contributed by atoms with E-state index in [1.807, 2.05) is 25.1 Å². The monoisotopic (exact) mass is 326 g/mol. The summed E-state index contributed by atoms with van der Waals surface area (Å²) in [6.07, 6.45) is -3.64. The summed E-state index contributed by atoms with van der Waals surface area (Å²) in [7, 11) is 0. The van der Waals surface area contributed by atoms with Gasteiger partial charge in [0.1, 0.15) is 0 Å². The van der Waals surface area contributed by atoms with Crippen molar-refractivity contribution in [3.8, 4) is 0 Å². The highest BCUT2D eigenvalue weighted by atomic mass is 32.2. The minimum Gasteiger partial charge on any atom is -0.325 e. The highest BCUT2D eigenvalue weighted by Gasteiger charge is 2.30. The second-order valence-electron chi connectivity index (χ2n) is 4.53. The van der Waals surface area contributed by atoms with Gasteiger partial charge in [-0.2, -0.15) is 13.2 Å². The molecule has 2 rings (SSSR count). The van der Waals surface area contributed by atoms with Crippen molar-refractivity contribution in [3.05, 3.63) is 53.7 Å². The number of pyridine rings is 1. The fourth-order valence-corrected chi connectivity index (χ4v) is 2.31. The molecule has 0 saturated carbocycles. The number of aryl methyl sites for hydroxylation is 1. The van der Waals surface area contributed by atoms with E-state index in [9.17, 15) is 18.0 Å². The number of rotatable bonds is 4. The van der Waals surface area contributed by atoms with Crippen molar-refractivity contribution in [2.45, 2.75) is 18.1 Å². The fourth-order valence-electron chi connectivity index (χ4n) is 1.67. The molecule has 1 aromatic carbocycles. The third kappa shape index (κ3) is 4.49. The van der Waals surface area contributed by atoms with Crippen LogP contribution in [0.1, 0.15) is 11.1 Å². The number of nitrogens with zero attached hydrogens (tertiary/aromatic N) is 1. The molecule has 1 amide bonds. The average Bonchev–Trinajstić information content (AvgIpc) is 2.47. The summed E-state index contributed by atoms with van der Waals surface area (Å²) in [6.45, 7) is 1.88. The van der Waals surface area contributed by atoms with Gasteiger partial charge in [-0.05, 0) is 30.7 Å². The van der Waals surface area contributed by atoms with E-state index < -0.39 is 11.7 Å². The summed E-state index contributed by atoms with van der Waals surface area (Å²) < 4.78 is 37.2. The van der Waals surface area contributed by atoms with Crippen LogP contribution in [0.4, 0.5) is 18.9 Å². The molecule has 0 radical (unpaired) electrons. The quantitative estimate of drug-likeness (QED) is 0.859. The molecule has 1 heterocycles. The number of nitrogens with one attached hydrogen (secondary N) is 1. The number of carbonyl (C=O) groups is 1. The van der Waals surface area contributed by atoms with Gasteiger partial charge in [0, 0.05) is 11.9 Å². The zero-order valence-corrected chi connectivity index (χ0v) is 12.5. The van der Waals surface area contributed by atoms with Crippen molar-refractivity contribution < 1.29 is 18.0 Å². The lowest BCUT2D eigenvalue weighted by atomic mass is 10.2. The number of para-hydroxylation sites is 1. The Morgan fingerprint density at radius 1 is 1.23 bits per heavy atom. The number of aromatic nitrogens is 1. The molecule has 2 aromatic rings. The van der Waals surface area contributed by atoms with Crippen molar-refractivity contribution in [3.63, 3.8) is 0 Å². The van der Waals surface area contributed by atoms with E-state index in [2.05, 4.69) is 10.3 Å². The number of hydrogen-bond acceptors (Lipinski definition) is 3. The number of amides is 1. The van der Waals surface area contributed by atoms with Gasteiger partial charge in [0.2, 0.25) is 5.91 Å². The van der Waals surface area contributed by atoms with Gasteiger partial charge in [0.25, 0.3) is 0 Å². The minimum atomic E-state index is -4.40. The molecule has 3 nitrogen and oxygen atoms in total. The predicted octanol–water partition coefficient (Wildman–Crippen LogP) is 4.14. The van der Waals surface area contributed by atoms with Crippen molar-refractivity contribution in [2.75, 3.05) is 11.1 Å². The Hall–Kier alpha value is -2.02. The van der Waals surface area contributed by atoms with Gasteiger partial charge in [0.15, 0.2) is 0 Å². The second kappa shape index (κ2) is 6.83. The van der Waals surface area contributed by atoms with E-state index in [0.717, 1.165) is 29.6 Å². The van der Waals surface area contributed by atoms with E-state index in [1.165, 1.54) is 6.07 Å². The molecule has 0 bridgehead atoms. The van der Waals surface area contributed by atoms with Crippen LogP contribution >= 0.6 is 11.8 Å². The van der Waals surface area contributed by atoms with E-state index in [-0.39, 0.29) is 11.7 Å². The SMILES string of the molecule is Cc1ccccc1NC(=O)CSc1ccc(C(F)(F)F)cn1. The number of thioether (sulfide) groups is 1. The second-order valence-corrected chi connectivity index (χ2v) is 5.53. The van der Waals surface area contributed by atoms with Gasteiger partial charge < -0.3 is 5.32 Å². The zero-order chi connectivity index (χ0) is 16.2. The van der Waals surface area contributed by atoms with E-state index in [1.54, 1.807) is 6.07 Å². The zero-order valence-electron chi connectivity index (χ0n) is 11.6. The van der Waals surface area contributed by atoms with Crippen LogP contribution < -0.4 is 5.32 Å². The Labute approximate surface area is 129 Å². The number of anilines is 1. The maximum absolute atomic E-state index is 12.4. The summed E-state index contributed by atoms with van der Waals surface area (Å²) in [5, 5.41) is 3.12. The lowest BCUT2D eigenvalue weighted by Crippen LogP contribution is -2.14. The summed E-state index contributed by atoms with van der Waals surface area (Å²) in [5.74, 6) is -0.159. The Morgan fingerprint density at radius 2 is 1.95 bits per heavy atom. The summed E-state index contributed by atoms with van der Waals surface area (Å²) in [4.78, 5) is 15.5. The molecule has 22 heavy (non-hydrogen) atoms. The van der Waals surface area contributed by atoms with E-state index in [0.29, 0.717) is 10.7 Å². The maximum Gasteiger partial charge on any atom is 0.417 e. The van der Waals surface area contributed by atoms with Gasteiger partial charge in [-0.3, -0.25) is 4.79 Å². The first-order chi connectivity index (χ1) is 10.4. The molecule has 0 saturated heterocycles. The first kappa shape index (κ1) is 16.4. The first-order valence-electron chi connectivity index (χ1n) is 6.38. The molecule has 1 aromatic heterocycles. The van der Waals surface area contributed by atoms with Gasteiger partial charge in [0.05, 0.1) is 16.3 Å². The van der Waals surface area contributed by atoms with Crippen LogP contribution in [0.2, 0.25) is 0 Å². The topological polar surface area (TPSA) is 42.0 Å². The summed E-state index contributed by atoms with van der Waals surface area (Å²) in [6, 6.07) is 9.55. The van der Waals surface area contributed by atoms with Crippen LogP contribution in [0.3, 0.4) is 0 Å². The third-order valence-corrected chi connectivity index (χ3v) is 3.78. The maximum atomic E-state index is 12.4. The lowest BCUT2D eigenvalue weighted by Gasteiger charge is -2.08. The van der Waals surface area contributed by atoms with Crippen LogP contribution in [0.25, 0.3) is 0 Å². The molecule has 116 valence electrons. The largest absolute Gasteiger partial charge is 0.417 e. The Bertz CT molecular complexity index is 657. The van der Waals surface area contributed by atoms with Gasteiger partial charge in [-0.1, -0.05) is 30.0 Å². The number of hydrogen-bond donors (Lipinski definition) is 1. The van der Waals surface area contributed by atoms with Crippen molar-refractivity contribution in [1.29, 1.82) is 0 Å². The molecular formula is C15H13F3N2OS. The number of halogens is 3. The molecule has 0 fully saturated rings. The smallest absolute Gasteiger partial charge is 0.325 e. The molecule has 0 aliphatic heterocycles. The number of carbonyl (C=O) groups excluding carboxylic acids is 1. The lowest BCUT2D eigenvalue weighted by molar-refractivity contribution is -0.137.